The minimum absolute atomic E-state index is 0.115. The molecule has 0 bridgehead atoms. The fourth-order valence-corrected chi connectivity index (χ4v) is 5.12. The van der Waals surface area contributed by atoms with Crippen LogP contribution in [0.4, 0.5) is 0 Å². The van der Waals surface area contributed by atoms with Crippen molar-refractivity contribution >= 4 is 48.9 Å². The molecule has 0 saturated heterocycles. The predicted molar refractivity (Wildman–Crippen MR) is 89.2 cm³/mol. The standard InChI is InChI=1S/C14H13BrClNO2S2/c15-13-7-12(3-4-14(13)16)21(18,19)17(11-1-2-11)8-10-5-6-20-9-10/h3-7,9,11H,1-2,8H2. The summed E-state index contributed by atoms with van der Waals surface area (Å²) in [4.78, 5) is 0.279. The summed E-state index contributed by atoms with van der Waals surface area (Å²) in [5.41, 5.74) is 1.03. The second-order valence-corrected chi connectivity index (χ2v) is 8.92. The molecule has 1 saturated carbocycles. The summed E-state index contributed by atoms with van der Waals surface area (Å²) in [7, 11) is -3.50. The lowest BCUT2D eigenvalue weighted by atomic mass is 10.3. The fourth-order valence-electron chi connectivity index (χ4n) is 2.11. The smallest absolute Gasteiger partial charge is 0.207 e. The number of sulfonamides is 1. The van der Waals surface area contributed by atoms with Crippen molar-refractivity contribution in [2.45, 2.75) is 30.3 Å². The highest BCUT2D eigenvalue weighted by Crippen LogP contribution is 2.35. The maximum atomic E-state index is 12.9. The van der Waals surface area contributed by atoms with Crippen LogP contribution in [0, 0.1) is 0 Å². The highest BCUT2D eigenvalue weighted by molar-refractivity contribution is 9.10. The Morgan fingerprint density at radius 2 is 2.10 bits per heavy atom. The monoisotopic (exact) mass is 405 g/mol. The van der Waals surface area contributed by atoms with Gasteiger partial charge in [0.05, 0.1) is 9.92 Å². The number of benzene rings is 1. The minimum Gasteiger partial charge on any atom is -0.207 e. The summed E-state index contributed by atoms with van der Waals surface area (Å²) in [6.07, 6.45) is 1.86. The number of hydrogen-bond acceptors (Lipinski definition) is 3. The molecule has 1 fully saturated rings. The van der Waals surface area contributed by atoms with Gasteiger partial charge in [-0.15, -0.1) is 0 Å². The third kappa shape index (κ3) is 3.35. The van der Waals surface area contributed by atoms with Gasteiger partial charge in [0, 0.05) is 17.1 Å². The summed E-state index contributed by atoms with van der Waals surface area (Å²) in [6.45, 7) is 0.427. The molecule has 1 aliphatic rings. The molecule has 0 aliphatic heterocycles. The molecule has 0 unspecified atom stereocenters. The Morgan fingerprint density at radius 1 is 1.33 bits per heavy atom. The van der Waals surface area contributed by atoms with E-state index in [1.807, 2.05) is 16.8 Å². The largest absolute Gasteiger partial charge is 0.243 e. The van der Waals surface area contributed by atoms with Gasteiger partial charge in [0.25, 0.3) is 0 Å². The molecule has 1 heterocycles. The number of halogens is 2. The van der Waals surface area contributed by atoms with Crippen LogP contribution >= 0.6 is 38.9 Å². The number of thiophene rings is 1. The lowest BCUT2D eigenvalue weighted by Gasteiger charge is -2.21. The van der Waals surface area contributed by atoms with Crippen molar-refractivity contribution in [2.75, 3.05) is 0 Å². The van der Waals surface area contributed by atoms with E-state index in [9.17, 15) is 8.42 Å². The SMILES string of the molecule is O=S(=O)(c1ccc(Cl)c(Br)c1)N(Cc1ccsc1)C1CC1. The third-order valence-electron chi connectivity index (χ3n) is 3.37. The Balaban J connectivity index is 1.95. The Morgan fingerprint density at radius 3 is 2.67 bits per heavy atom. The lowest BCUT2D eigenvalue weighted by molar-refractivity contribution is 0.399. The van der Waals surface area contributed by atoms with Crippen molar-refractivity contribution in [1.29, 1.82) is 0 Å². The van der Waals surface area contributed by atoms with E-state index in [1.54, 1.807) is 33.8 Å². The summed E-state index contributed by atoms with van der Waals surface area (Å²) in [5.74, 6) is 0. The highest BCUT2D eigenvalue weighted by Gasteiger charge is 2.38. The molecular weight excluding hydrogens is 394 g/mol. The average molecular weight is 407 g/mol. The van der Waals surface area contributed by atoms with Gasteiger partial charge in [0.2, 0.25) is 10.0 Å². The molecule has 7 heteroatoms. The Kier molecular flexibility index (Phi) is 4.43. The van der Waals surface area contributed by atoms with E-state index in [0.717, 1.165) is 18.4 Å². The van der Waals surface area contributed by atoms with Crippen molar-refractivity contribution in [3.63, 3.8) is 0 Å². The molecule has 0 spiro atoms. The zero-order valence-corrected chi connectivity index (χ0v) is 15.0. The van der Waals surface area contributed by atoms with E-state index in [-0.39, 0.29) is 10.9 Å². The molecule has 2 aromatic rings. The molecule has 112 valence electrons. The summed E-state index contributed by atoms with van der Waals surface area (Å²) < 4.78 is 27.9. The van der Waals surface area contributed by atoms with Crippen LogP contribution in [0.5, 0.6) is 0 Å². The highest BCUT2D eigenvalue weighted by atomic mass is 79.9. The molecule has 0 radical (unpaired) electrons. The van der Waals surface area contributed by atoms with Crippen molar-refractivity contribution in [2.24, 2.45) is 0 Å². The molecule has 21 heavy (non-hydrogen) atoms. The van der Waals surface area contributed by atoms with Gasteiger partial charge in [0.15, 0.2) is 0 Å². The minimum atomic E-state index is -3.50. The molecule has 1 aromatic carbocycles. The van der Waals surface area contributed by atoms with Gasteiger partial charge in [-0.05, 0) is 69.4 Å². The third-order valence-corrected chi connectivity index (χ3v) is 7.21. The van der Waals surface area contributed by atoms with E-state index in [4.69, 9.17) is 11.6 Å². The topological polar surface area (TPSA) is 37.4 Å². The fraction of sp³-hybridized carbons (Fsp3) is 0.286. The molecule has 0 amide bonds. The average Bonchev–Trinajstić information content (AvgIpc) is 3.15. The summed E-state index contributed by atoms with van der Waals surface area (Å²) in [5, 5.41) is 4.46. The predicted octanol–water partition coefficient (Wildman–Crippen LogP) is 4.52. The number of rotatable bonds is 5. The van der Waals surface area contributed by atoms with Crippen LogP contribution in [0.3, 0.4) is 0 Å². The van der Waals surface area contributed by atoms with Crippen molar-refractivity contribution in [3.8, 4) is 0 Å². The number of nitrogens with zero attached hydrogens (tertiary/aromatic N) is 1. The van der Waals surface area contributed by atoms with Crippen LogP contribution < -0.4 is 0 Å². The van der Waals surface area contributed by atoms with Crippen molar-refractivity contribution in [1.82, 2.24) is 4.31 Å². The molecule has 3 nitrogen and oxygen atoms in total. The van der Waals surface area contributed by atoms with Crippen molar-refractivity contribution in [3.05, 3.63) is 50.1 Å². The van der Waals surface area contributed by atoms with Crippen LogP contribution in [-0.4, -0.2) is 18.8 Å². The maximum Gasteiger partial charge on any atom is 0.243 e. The Labute approximate surface area is 141 Å². The van der Waals surface area contributed by atoms with Gasteiger partial charge >= 0.3 is 0 Å². The zero-order valence-electron chi connectivity index (χ0n) is 11.0. The summed E-state index contributed by atoms with van der Waals surface area (Å²) >= 11 is 10.8. The molecular formula is C14H13BrClNO2S2. The Bertz CT molecular complexity index is 742. The molecule has 0 atom stereocenters. The van der Waals surface area contributed by atoms with Crippen LogP contribution in [0.2, 0.25) is 5.02 Å². The van der Waals surface area contributed by atoms with Gasteiger partial charge in [-0.3, -0.25) is 0 Å². The van der Waals surface area contributed by atoms with Gasteiger partial charge in [-0.25, -0.2) is 8.42 Å². The van der Waals surface area contributed by atoms with Gasteiger partial charge in [-0.2, -0.15) is 15.6 Å². The van der Waals surface area contributed by atoms with Gasteiger partial charge in [-0.1, -0.05) is 11.6 Å². The van der Waals surface area contributed by atoms with E-state index in [0.29, 0.717) is 16.0 Å². The number of hydrogen-bond donors (Lipinski definition) is 0. The zero-order chi connectivity index (χ0) is 15.0. The maximum absolute atomic E-state index is 12.9. The van der Waals surface area contributed by atoms with Gasteiger partial charge < -0.3 is 0 Å². The van der Waals surface area contributed by atoms with Crippen LogP contribution in [0.25, 0.3) is 0 Å². The van der Waals surface area contributed by atoms with E-state index < -0.39 is 10.0 Å². The van der Waals surface area contributed by atoms with E-state index >= 15 is 0 Å². The lowest BCUT2D eigenvalue weighted by Crippen LogP contribution is -2.32. The second-order valence-electron chi connectivity index (χ2n) is 4.99. The normalized spacial score (nSPS) is 15.6. The first-order valence-electron chi connectivity index (χ1n) is 6.46. The molecule has 1 aromatic heterocycles. The van der Waals surface area contributed by atoms with Crippen LogP contribution in [0.15, 0.2) is 44.4 Å². The quantitative estimate of drug-likeness (QED) is 0.732. The first-order valence-corrected chi connectivity index (χ1v) is 10.0. The van der Waals surface area contributed by atoms with Crippen LogP contribution in [0.1, 0.15) is 18.4 Å². The second kappa shape index (κ2) is 6.01. The molecule has 0 N–H and O–H groups in total. The summed E-state index contributed by atoms with van der Waals surface area (Å²) in [6, 6.07) is 6.82. The van der Waals surface area contributed by atoms with Crippen LogP contribution in [-0.2, 0) is 16.6 Å². The van der Waals surface area contributed by atoms with E-state index in [1.165, 1.54) is 0 Å². The molecule has 1 aliphatic carbocycles. The van der Waals surface area contributed by atoms with Crippen molar-refractivity contribution < 1.29 is 8.42 Å². The first kappa shape index (κ1) is 15.5. The first-order chi connectivity index (χ1) is 9.98. The van der Waals surface area contributed by atoms with Gasteiger partial charge in [0.1, 0.15) is 0 Å². The Hall–Kier alpha value is -0.400. The van der Waals surface area contributed by atoms with E-state index in [2.05, 4.69) is 15.9 Å². The molecule has 3 rings (SSSR count).